The minimum atomic E-state index is -4.00. The van der Waals surface area contributed by atoms with Gasteiger partial charge in [-0.15, -0.1) is 0 Å². The summed E-state index contributed by atoms with van der Waals surface area (Å²) in [4.78, 5) is 13.1. The number of fused-ring (bicyclic) bond motifs is 2. The number of nitrogens with zero attached hydrogens (tertiary/aromatic N) is 3. The molecule has 0 saturated heterocycles. The van der Waals surface area contributed by atoms with E-state index >= 15 is 0 Å². The van der Waals surface area contributed by atoms with Crippen LogP contribution in [-0.2, 0) is 16.6 Å². The highest BCUT2D eigenvalue weighted by Crippen LogP contribution is 2.35. The van der Waals surface area contributed by atoms with E-state index in [1.54, 1.807) is 31.2 Å². The predicted molar refractivity (Wildman–Crippen MR) is 133 cm³/mol. The summed E-state index contributed by atoms with van der Waals surface area (Å²) in [5.74, 6) is -0.172. The summed E-state index contributed by atoms with van der Waals surface area (Å²) < 4.78 is 60.7. The van der Waals surface area contributed by atoms with Crippen LogP contribution in [0, 0.1) is 25.2 Å². The normalized spacial score (nSPS) is 11.9. The molecule has 5 aromatic rings. The Morgan fingerprint density at radius 2 is 1.78 bits per heavy atom. The van der Waals surface area contributed by atoms with E-state index in [9.17, 15) is 22.0 Å². The number of hydrogen-bond acceptors (Lipinski definition) is 5. The maximum absolute atomic E-state index is 13.5. The van der Waals surface area contributed by atoms with Crippen LogP contribution in [0.15, 0.2) is 70.5 Å². The molecule has 0 amide bonds. The van der Waals surface area contributed by atoms with Gasteiger partial charge in [-0.05, 0) is 61.9 Å². The number of hydrogen-bond donors (Lipinski definition) is 1. The standard InChI is InChI=1S/C26H20F2N4O4S/c1-15-3-6-18(7-4-15)37(34,35)32-10-9-19-21(23(36-26(27)28)11-16(2)24(19)32)14-31-25(33)20-12-17(13-29)5-8-22(20)30-31/h3-12,26,30H,14H2,1-2H3. The molecule has 37 heavy (non-hydrogen) atoms. The van der Waals surface area contributed by atoms with Gasteiger partial charge in [0.1, 0.15) is 5.75 Å². The van der Waals surface area contributed by atoms with Gasteiger partial charge in [-0.2, -0.15) is 14.0 Å². The molecule has 0 atom stereocenters. The van der Waals surface area contributed by atoms with E-state index in [1.165, 1.54) is 41.2 Å². The summed E-state index contributed by atoms with van der Waals surface area (Å²) in [5.41, 5.74) is 2.08. The summed E-state index contributed by atoms with van der Waals surface area (Å²) in [6, 6.07) is 15.8. The molecule has 0 saturated carbocycles. The van der Waals surface area contributed by atoms with Crippen molar-refractivity contribution in [3.8, 4) is 11.8 Å². The van der Waals surface area contributed by atoms with E-state index in [2.05, 4.69) is 5.10 Å². The van der Waals surface area contributed by atoms with Gasteiger partial charge < -0.3 is 4.74 Å². The molecule has 0 aliphatic rings. The van der Waals surface area contributed by atoms with Crippen LogP contribution in [0.3, 0.4) is 0 Å². The summed E-state index contributed by atoms with van der Waals surface area (Å²) in [5, 5.41) is 12.7. The molecule has 1 N–H and O–H groups in total. The van der Waals surface area contributed by atoms with E-state index in [4.69, 9.17) is 10.00 Å². The molecule has 0 bridgehead atoms. The number of rotatable bonds is 6. The summed E-state index contributed by atoms with van der Waals surface area (Å²) >= 11 is 0. The highest BCUT2D eigenvalue weighted by atomic mass is 32.2. The molecule has 188 valence electrons. The van der Waals surface area contributed by atoms with Crippen molar-refractivity contribution in [3.63, 3.8) is 0 Å². The number of alkyl halides is 2. The van der Waals surface area contributed by atoms with Crippen LogP contribution in [0.1, 0.15) is 22.3 Å². The van der Waals surface area contributed by atoms with Gasteiger partial charge in [0.2, 0.25) is 0 Å². The average molecular weight is 523 g/mol. The Balaban J connectivity index is 1.71. The molecule has 0 aliphatic carbocycles. The number of nitrogens with one attached hydrogen (secondary N) is 1. The van der Waals surface area contributed by atoms with Gasteiger partial charge in [0, 0.05) is 17.1 Å². The van der Waals surface area contributed by atoms with Crippen LogP contribution in [0.2, 0.25) is 0 Å². The van der Waals surface area contributed by atoms with Crippen molar-refractivity contribution in [1.82, 2.24) is 13.8 Å². The average Bonchev–Trinajstić information content (AvgIpc) is 3.44. The van der Waals surface area contributed by atoms with Crippen LogP contribution in [0.4, 0.5) is 8.78 Å². The lowest BCUT2D eigenvalue weighted by Gasteiger charge is -2.16. The second-order valence-electron chi connectivity index (χ2n) is 8.62. The lowest BCUT2D eigenvalue weighted by atomic mass is 10.0. The van der Waals surface area contributed by atoms with Crippen molar-refractivity contribution in [3.05, 3.63) is 93.4 Å². The number of halogens is 2. The van der Waals surface area contributed by atoms with Crippen molar-refractivity contribution in [2.75, 3.05) is 0 Å². The zero-order valence-corrected chi connectivity index (χ0v) is 20.5. The SMILES string of the molecule is Cc1ccc(S(=O)(=O)n2ccc3c(Cn4[nH]c5ccc(C#N)cc5c4=O)c(OC(F)F)cc(C)c32)cc1. The predicted octanol–water partition coefficient (Wildman–Crippen LogP) is 4.66. The van der Waals surface area contributed by atoms with E-state index in [1.807, 2.05) is 13.0 Å². The number of benzene rings is 3. The Bertz CT molecular complexity index is 1880. The van der Waals surface area contributed by atoms with Crippen molar-refractivity contribution in [2.24, 2.45) is 0 Å². The highest BCUT2D eigenvalue weighted by Gasteiger charge is 2.24. The number of aromatic nitrogens is 3. The topological polar surface area (TPSA) is 110 Å². The van der Waals surface area contributed by atoms with Gasteiger partial charge >= 0.3 is 6.61 Å². The third kappa shape index (κ3) is 4.15. The zero-order chi connectivity index (χ0) is 26.5. The molecule has 2 aromatic heterocycles. The van der Waals surface area contributed by atoms with Crippen LogP contribution in [-0.4, -0.2) is 28.8 Å². The van der Waals surface area contributed by atoms with Crippen molar-refractivity contribution < 1.29 is 21.9 Å². The highest BCUT2D eigenvalue weighted by molar-refractivity contribution is 7.90. The maximum atomic E-state index is 13.5. The first-order valence-corrected chi connectivity index (χ1v) is 12.6. The van der Waals surface area contributed by atoms with Gasteiger partial charge in [-0.25, -0.2) is 17.1 Å². The van der Waals surface area contributed by atoms with Crippen LogP contribution in [0.5, 0.6) is 5.75 Å². The van der Waals surface area contributed by atoms with Gasteiger partial charge in [-0.1, -0.05) is 17.7 Å². The molecule has 11 heteroatoms. The summed E-state index contributed by atoms with van der Waals surface area (Å²) in [6.07, 6.45) is 1.36. The van der Waals surface area contributed by atoms with E-state index < -0.39 is 22.2 Å². The van der Waals surface area contributed by atoms with Crippen molar-refractivity contribution in [1.29, 1.82) is 5.26 Å². The minimum Gasteiger partial charge on any atom is -0.434 e. The Kier molecular flexibility index (Phi) is 5.84. The summed E-state index contributed by atoms with van der Waals surface area (Å²) in [7, 11) is -4.00. The molecule has 8 nitrogen and oxygen atoms in total. The van der Waals surface area contributed by atoms with Crippen LogP contribution < -0.4 is 10.3 Å². The van der Waals surface area contributed by atoms with Crippen molar-refractivity contribution in [2.45, 2.75) is 31.9 Å². The van der Waals surface area contributed by atoms with Gasteiger partial charge in [0.25, 0.3) is 15.6 Å². The first kappa shape index (κ1) is 24.3. The molecule has 0 fully saturated rings. The fourth-order valence-electron chi connectivity index (χ4n) is 4.42. The molecule has 2 heterocycles. The molecule has 5 rings (SSSR count). The number of aromatic amines is 1. The molecule has 0 aliphatic heterocycles. The van der Waals surface area contributed by atoms with E-state index in [0.717, 1.165) is 9.54 Å². The van der Waals surface area contributed by atoms with Crippen LogP contribution >= 0.6 is 0 Å². The van der Waals surface area contributed by atoms with Gasteiger partial charge in [0.05, 0.1) is 39.5 Å². The largest absolute Gasteiger partial charge is 0.434 e. The Labute approximate surface area is 210 Å². The van der Waals surface area contributed by atoms with E-state index in [0.29, 0.717) is 22.0 Å². The smallest absolute Gasteiger partial charge is 0.387 e. The summed E-state index contributed by atoms with van der Waals surface area (Å²) in [6.45, 7) is 0.106. The fourth-order valence-corrected chi connectivity index (χ4v) is 5.83. The van der Waals surface area contributed by atoms with Crippen LogP contribution in [0.25, 0.3) is 21.8 Å². The third-order valence-electron chi connectivity index (χ3n) is 6.19. The van der Waals surface area contributed by atoms with Gasteiger partial charge in [0.15, 0.2) is 0 Å². The molecule has 0 spiro atoms. The minimum absolute atomic E-state index is 0.0737. The second kappa shape index (κ2) is 8.90. The number of aryl methyl sites for hydroxylation is 2. The molecule has 3 aromatic carbocycles. The monoisotopic (exact) mass is 522 g/mol. The van der Waals surface area contributed by atoms with Crippen molar-refractivity contribution >= 4 is 31.8 Å². The van der Waals surface area contributed by atoms with Gasteiger partial charge in [-0.3, -0.25) is 9.89 Å². The van der Waals surface area contributed by atoms with E-state index in [-0.39, 0.29) is 33.7 Å². The quantitative estimate of drug-likeness (QED) is 0.349. The Morgan fingerprint density at radius 1 is 1.05 bits per heavy atom. The zero-order valence-electron chi connectivity index (χ0n) is 19.7. The number of nitriles is 1. The first-order valence-electron chi connectivity index (χ1n) is 11.1. The Morgan fingerprint density at radius 3 is 2.46 bits per heavy atom. The second-order valence-corrected chi connectivity index (χ2v) is 10.4. The number of ether oxygens (including phenoxy) is 1. The fraction of sp³-hybridized carbons (Fsp3) is 0.154. The molecule has 0 radical (unpaired) electrons. The maximum Gasteiger partial charge on any atom is 0.387 e. The number of H-pyrrole nitrogens is 1. The first-order chi connectivity index (χ1) is 17.6. The Hall–Kier alpha value is -4.43. The molecule has 0 unspecified atom stereocenters. The lowest BCUT2D eigenvalue weighted by Crippen LogP contribution is -2.19. The molecular formula is C26H20F2N4O4S. The lowest BCUT2D eigenvalue weighted by molar-refractivity contribution is -0.0504. The third-order valence-corrected chi connectivity index (χ3v) is 7.88. The molecular weight excluding hydrogens is 502 g/mol.